The number of hydrogen-bond acceptors (Lipinski definition) is 4. The van der Waals surface area contributed by atoms with Gasteiger partial charge >= 0.3 is 0 Å². The smallest absolute Gasteiger partial charge is 0.258 e. The summed E-state index contributed by atoms with van der Waals surface area (Å²) in [5, 5.41) is 8.01. The van der Waals surface area contributed by atoms with Gasteiger partial charge in [-0.15, -0.1) is 0 Å². The van der Waals surface area contributed by atoms with Crippen molar-refractivity contribution in [1.29, 1.82) is 0 Å². The molecule has 0 aromatic heterocycles. The van der Waals surface area contributed by atoms with Crippen LogP contribution in [0.3, 0.4) is 0 Å². The van der Waals surface area contributed by atoms with Crippen LogP contribution in [0.1, 0.15) is 47.6 Å². The fourth-order valence-corrected chi connectivity index (χ4v) is 4.63. The second-order valence-corrected chi connectivity index (χ2v) is 9.21. The first kappa shape index (κ1) is 22.4. The fraction of sp³-hybridized carbons (Fsp3) is 0.357. The van der Waals surface area contributed by atoms with E-state index in [1.54, 1.807) is 0 Å². The lowest BCUT2D eigenvalue weighted by atomic mass is 10.0. The van der Waals surface area contributed by atoms with E-state index >= 15 is 0 Å². The molecule has 3 aromatic rings. The highest BCUT2D eigenvalue weighted by molar-refractivity contribution is 6.01. The van der Waals surface area contributed by atoms with Crippen molar-refractivity contribution in [1.82, 2.24) is 15.5 Å². The normalized spacial score (nSPS) is 16.8. The Morgan fingerprint density at radius 1 is 0.941 bits per heavy atom. The molecule has 2 N–H and O–H groups in total. The first-order valence-corrected chi connectivity index (χ1v) is 12.2. The Balaban J connectivity index is 1.34. The number of amides is 2. The molecule has 2 amide bonds. The molecule has 176 valence electrons. The molecular weight excluding hydrogens is 426 g/mol. The molecule has 0 bridgehead atoms. The zero-order chi connectivity index (χ0) is 23.3. The molecule has 3 aromatic carbocycles. The second kappa shape index (κ2) is 10.3. The molecule has 0 spiro atoms. The molecule has 1 atom stereocenters. The summed E-state index contributed by atoms with van der Waals surface area (Å²) in [7, 11) is 0. The highest BCUT2D eigenvalue weighted by Crippen LogP contribution is 2.28. The highest BCUT2D eigenvalue weighted by Gasteiger charge is 2.26. The lowest BCUT2D eigenvalue weighted by Gasteiger charge is -2.28. The summed E-state index contributed by atoms with van der Waals surface area (Å²) in [6.07, 6.45) is 4.41. The van der Waals surface area contributed by atoms with Crippen molar-refractivity contribution in [3.63, 3.8) is 0 Å². The lowest BCUT2D eigenvalue weighted by molar-refractivity contribution is -0.123. The number of hydrogen-bond donors (Lipinski definition) is 2. The Hall–Kier alpha value is -3.38. The number of benzene rings is 3. The monoisotopic (exact) mass is 457 g/mol. The highest BCUT2D eigenvalue weighted by atomic mass is 16.5. The zero-order valence-corrected chi connectivity index (χ0v) is 19.3. The summed E-state index contributed by atoms with van der Waals surface area (Å²) in [6, 6.07) is 22.3. The largest absolute Gasteiger partial charge is 0.483 e. The van der Waals surface area contributed by atoms with Crippen LogP contribution in [0.5, 0.6) is 5.75 Å². The van der Waals surface area contributed by atoms with Crippen molar-refractivity contribution in [3.05, 3.63) is 77.9 Å². The van der Waals surface area contributed by atoms with Gasteiger partial charge in [0.25, 0.3) is 11.8 Å². The molecule has 2 fully saturated rings. The van der Waals surface area contributed by atoms with Crippen molar-refractivity contribution < 1.29 is 14.3 Å². The Labute approximate surface area is 200 Å². The molecule has 1 saturated carbocycles. The van der Waals surface area contributed by atoms with Crippen LogP contribution in [0.25, 0.3) is 10.8 Å². The van der Waals surface area contributed by atoms with Gasteiger partial charge in [-0.3, -0.25) is 14.5 Å². The van der Waals surface area contributed by atoms with Gasteiger partial charge in [-0.05, 0) is 67.2 Å². The van der Waals surface area contributed by atoms with Gasteiger partial charge in [-0.2, -0.15) is 0 Å². The number of nitrogens with one attached hydrogen (secondary N) is 2. The summed E-state index contributed by atoms with van der Waals surface area (Å²) >= 11 is 0. The third kappa shape index (κ3) is 5.39. The molecule has 2 aliphatic rings. The number of carbonyl (C=O) groups excluding carboxylic acids is 2. The van der Waals surface area contributed by atoms with Crippen LogP contribution in [-0.4, -0.2) is 49.0 Å². The first-order valence-electron chi connectivity index (χ1n) is 12.2. The van der Waals surface area contributed by atoms with Crippen LogP contribution in [-0.2, 0) is 4.79 Å². The summed E-state index contributed by atoms with van der Waals surface area (Å²) in [5.74, 6) is 0.0863. The average Bonchev–Trinajstić information content (AvgIpc) is 3.51. The van der Waals surface area contributed by atoms with Crippen LogP contribution in [0, 0.1) is 0 Å². The second-order valence-electron chi connectivity index (χ2n) is 9.21. The molecule has 6 nitrogen and oxygen atoms in total. The third-order valence-electron chi connectivity index (χ3n) is 6.62. The lowest BCUT2D eigenvalue weighted by Crippen LogP contribution is -2.37. The Morgan fingerprint density at radius 2 is 1.62 bits per heavy atom. The van der Waals surface area contributed by atoms with E-state index in [4.69, 9.17) is 4.74 Å². The van der Waals surface area contributed by atoms with Crippen molar-refractivity contribution in [3.8, 4) is 5.75 Å². The molecule has 1 saturated heterocycles. The molecule has 6 heteroatoms. The number of nitrogens with zero attached hydrogens (tertiary/aromatic N) is 1. The van der Waals surface area contributed by atoms with E-state index in [2.05, 4.69) is 27.7 Å². The summed E-state index contributed by atoms with van der Waals surface area (Å²) < 4.78 is 5.86. The van der Waals surface area contributed by atoms with Gasteiger partial charge < -0.3 is 15.4 Å². The SMILES string of the molecule is O=C(COc1cc2ccccc2cc1C(=O)NCC(c1ccccc1)N1CCCC1)NC1CC1. The quantitative estimate of drug-likeness (QED) is 0.508. The van der Waals surface area contributed by atoms with Crippen LogP contribution < -0.4 is 15.4 Å². The summed E-state index contributed by atoms with van der Waals surface area (Å²) in [5.41, 5.74) is 1.66. The van der Waals surface area contributed by atoms with E-state index < -0.39 is 0 Å². The maximum atomic E-state index is 13.4. The van der Waals surface area contributed by atoms with E-state index in [0.717, 1.165) is 36.7 Å². The van der Waals surface area contributed by atoms with Crippen molar-refractivity contribution in [2.24, 2.45) is 0 Å². The fourth-order valence-electron chi connectivity index (χ4n) is 4.63. The predicted molar refractivity (Wildman–Crippen MR) is 133 cm³/mol. The minimum atomic E-state index is -0.191. The standard InChI is InChI=1S/C28H31N3O3/c32-27(30-23-12-13-23)19-34-26-17-22-11-5-4-10-21(22)16-24(26)28(33)29-18-25(31-14-6-7-15-31)20-8-2-1-3-9-20/h1-5,8-11,16-17,23,25H,6-7,12-15,18-19H2,(H,29,33)(H,30,32). The molecule has 1 unspecified atom stereocenters. The minimum absolute atomic E-state index is 0.102. The van der Waals surface area contributed by atoms with Gasteiger partial charge in [0.1, 0.15) is 5.75 Å². The predicted octanol–water partition coefficient (Wildman–Crippen LogP) is 4.06. The van der Waals surface area contributed by atoms with Gasteiger partial charge in [-0.1, -0.05) is 54.6 Å². The first-order chi connectivity index (χ1) is 16.7. The molecule has 34 heavy (non-hydrogen) atoms. The van der Waals surface area contributed by atoms with Gasteiger partial charge in [0.15, 0.2) is 6.61 Å². The minimum Gasteiger partial charge on any atom is -0.483 e. The molecule has 5 rings (SSSR count). The third-order valence-corrected chi connectivity index (χ3v) is 6.62. The van der Waals surface area contributed by atoms with Crippen LogP contribution in [0.2, 0.25) is 0 Å². The van der Waals surface area contributed by atoms with Gasteiger partial charge in [-0.25, -0.2) is 0 Å². The van der Waals surface area contributed by atoms with Crippen LogP contribution in [0.4, 0.5) is 0 Å². The van der Waals surface area contributed by atoms with E-state index in [1.165, 1.54) is 18.4 Å². The topological polar surface area (TPSA) is 70.7 Å². The van der Waals surface area contributed by atoms with Crippen molar-refractivity contribution >= 4 is 22.6 Å². The number of fused-ring (bicyclic) bond motifs is 1. The Morgan fingerprint density at radius 3 is 2.32 bits per heavy atom. The van der Waals surface area contributed by atoms with Crippen molar-refractivity contribution in [2.75, 3.05) is 26.2 Å². The van der Waals surface area contributed by atoms with E-state index in [-0.39, 0.29) is 30.5 Å². The zero-order valence-electron chi connectivity index (χ0n) is 19.3. The molecule has 0 radical (unpaired) electrons. The van der Waals surface area contributed by atoms with Gasteiger partial charge in [0.2, 0.25) is 0 Å². The molecular formula is C28H31N3O3. The van der Waals surface area contributed by atoms with E-state index in [0.29, 0.717) is 17.9 Å². The Kier molecular flexibility index (Phi) is 6.77. The van der Waals surface area contributed by atoms with Crippen LogP contribution in [0.15, 0.2) is 66.7 Å². The van der Waals surface area contributed by atoms with E-state index in [1.807, 2.05) is 54.6 Å². The van der Waals surface area contributed by atoms with E-state index in [9.17, 15) is 9.59 Å². The van der Waals surface area contributed by atoms with Gasteiger partial charge in [0.05, 0.1) is 11.6 Å². The maximum absolute atomic E-state index is 13.4. The Bertz CT molecular complexity index is 1150. The maximum Gasteiger partial charge on any atom is 0.258 e. The number of carbonyl (C=O) groups is 2. The van der Waals surface area contributed by atoms with Crippen LogP contribution >= 0.6 is 0 Å². The molecule has 1 aliphatic carbocycles. The number of likely N-dealkylation sites (tertiary alicyclic amines) is 1. The number of rotatable bonds is 9. The molecule has 1 heterocycles. The average molecular weight is 458 g/mol. The number of ether oxygens (including phenoxy) is 1. The summed E-state index contributed by atoms with van der Waals surface area (Å²) in [4.78, 5) is 28.0. The van der Waals surface area contributed by atoms with Crippen molar-refractivity contribution in [2.45, 2.75) is 37.8 Å². The molecule has 1 aliphatic heterocycles. The van der Waals surface area contributed by atoms with Gasteiger partial charge in [0, 0.05) is 12.6 Å². The summed E-state index contributed by atoms with van der Waals surface area (Å²) in [6.45, 7) is 2.48.